The first-order chi connectivity index (χ1) is 9.11. The normalized spacial score (nSPS) is 12.4. The minimum atomic E-state index is -0.207. The second kappa shape index (κ2) is 6.40. The van der Waals surface area contributed by atoms with Crippen LogP contribution in [0.4, 0.5) is 4.39 Å². The topological polar surface area (TPSA) is 0 Å². The molecule has 0 saturated heterocycles. The average molecular weight is 297 g/mol. The van der Waals surface area contributed by atoms with E-state index in [0.717, 1.165) is 28.1 Å². The Hall–Kier alpha value is -1.05. The van der Waals surface area contributed by atoms with Gasteiger partial charge in [0.25, 0.3) is 0 Å². The second-order valence-corrected chi connectivity index (χ2v) is 5.36. The zero-order chi connectivity index (χ0) is 13.8. The van der Waals surface area contributed by atoms with Crippen molar-refractivity contribution < 1.29 is 4.39 Å². The third kappa shape index (κ3) is 3.49. The Morgan fingerprint density at radius 1 is 1.16 bits per heavy atom. The summed E-state index contributed by atoms with van der Waals surface area (Å²) in [6.07, 6.45) is 0.763. The van der Waals surface area contributed by atoms with Crippen molar-refractivity contribution in [2.24, 2.45) is 0 Å². The van der Waals surface area contributed by atoms with Crippen LogP contribution in [0, 0.1) is 12.7 Å². The minimum absolute atomic E-state index is 0.138. The summed E-state index contributed by atoms with van der Waals surface area (Å²) < 4.78 is 13.1. The van der Waals surface area contributed by atoms with Crippen molar-refractivity contribution in [2.75, 3.05) is 5.88 Å². The highest BCUT2D eigenvalue weighted by molar-refractivity contribution is 6.31. The quantitative estimate of drug-likeness (QED) is 0.667. The Morgan fingerprint density at radius 3 is 2.53 bits per heavy atom. The van der Waals surface area contributed by atoms with Gasteiger partial charge in [0.05, 0.1) is 0 Å². The van der Waals surface area contributed by atoms with Gasteiger partial charge < -0.3 is 0 Å². The molecule has 0 aromatic heterocycles. The van der Waals surface area contributed by atoms with Crippen LogP contribution < -0.4 is 0 Å². The van der Waals surface area contributed by atoms with Gasteiger partial charge in [0.2, 0.25) is 0 Å². The number of halogens is 3. The molecule has 1 unspecified atom stereocenters. The molecule has 0 amide bonds. The van der Waals surface area contributed by atoms with Gasteiger partial charge in [-0.05, 0) is 48.2 Å². The van der Waals surface area contributed by atoms with Crippen LogP contribution in [0.1, 0.15) is 22.6 Å². The number of alkyl halides is 1. The van der Waals surface area contributed by atoms with E-state index in [1.165, 1.54) is 6.07 Å². The first-order valence-electron chi connectivity index (χ1n) is 6.17. The van der Waals surface area contributed by atoms with E-state index < -0.39 is 0 Å². The Bertz CT molecular complexity index is 566. The molecular weight excluding hydrogens is 282 g/mol. The molecule has 0 fully saturated rings. The molecule has 0 N–H and O–H groups in total. The van der Waals surface area contributed by atoms with Crippen LogP contribution >= 0.6 is 23.2 Å². The summed E-state index contributed by atoms with van der Waals surface area (Å²) in [6.45, 7) is 1.91. The fourth-order valence-electron chi connectivity index (χ4n) is 2.21. The number of hydrogen-bond acceptors (Lipinski definition) is 0. The standard InChI is InChI=1S/C16H15Cl2F/c1-11-8-14(19)7-6-12(11)9-13(10-17)15-4-2-3-5-16(15)18/h2-8,13H,9-10H2,1H3. The second-order valence-electron chi connectivity index (χ2n) is 4.65. The molecule has 0 radical (unpaired) electrons. The highest BCUT2D eigenvalue weighted by atomic mass is 35.5. The predicted molar refractivity (Wildman–Crippen MR) is 79.8 cm³/mol. The lowest BCUT2D eigenvalue weighted by Gasteiger charge is -2.17. The maximum Gasteiger partial charge on any atom is 0.123 e. The van der Waals surface area contributed by atoms with Crippen molar-refractivity contribution in [1.82, 2.24) is 0 Å². The van der Waals surface area contributed by atoms with Crippen molar-refractivity contribution in [2.45, 2.75) is 19.3 Å². The summed E-state index contributed by atoms with van der Waals surface area (Å²) >= 11 is 12.3. The molecule has 2 aromatic rings. The van der Waals surface area contributed by atoms with Crippen LogP contribution in [0.15, 0.2) is 42.5 Å². The fourth-order valence-corrected chi connectivity index (χ4v) is 2.77. The van der Waals surface area contributed by atoms with Crippen molar-refractivity contribution >= 4 is 23.2 Å². The van der Waals surface area contributed by atoms with Crippen LogP contribution in [-0.4, -0.2) is 5.88 Å². The zero-order valence-electron chi connectivity index (χ0n) is 10.7. The molecule has 0 nitrogen and oxygen atoms in total. The first kappa shape index (κ1) is 14.4. The van der Waals surface area contributed by atoms with Crippen molar-refractivity contribution in [3.8, 4) is 0 Å². The monoisotopic (exact) mass is 296 g/mol. The Morgan fingerprint density at radius 2 is 1.89 bits per heavy atom. The Kier molecular flexibility index (Phi) is 4.84. The largest absolute Gasteiger partial charge is 0.207 e. The van der Waals surface area contributed by atoms with Gasteiger partial charge in [-0.1, -0.05) is 35.9 Å². The van der Waals surface area contributed by atoms with Crippen molar-refractivity contribution in [1.29, 1.82) is 0 Å². The third-order valence-electron chi connectivity index (χ3n) is 3.30. The van der Waals surface area contributed by atoms with E-state index in [4.69, 9.17) is 23.2 Å². The summed E-state index contributed by atoms with van der Waals surface area (Å²) in [5, 5.41) is 0.730. The molecule has 1 atom stereocenters. The van der Waals surface area contributed by atoms with E-state index in [9.17, 15) is 4.39 Å². The van der Waals surface area contributed by atoms with Gasteiger partial charge in [-0.2, -0.15) is 0 Å². The van der Waals surface area contributed by atoms with Crippen LogP contribution in [0.2, 0.25) is 5.02 Å². The Labute approximate surface area is 123 Å². The van der Waals surface area contributed by atoms with E-state index in [2.05, 4.69) is 0 Å². The van der Waals surface area contributed by atoms with E-state index in [0.29, 0.717) is 5.88 Å². The van der Waals surface area contributed by atoms with E-state index in [1.54, 1.807) is 6.07 Å². The Balaban J connectivity index is 2.27. The fraction of sp³-hybridized carbons (Fsp3) is 0.250. The molecule has 100 valence electrons. The van der Waals surface area contributed by atoms with Gasteiger partial charge >= 0.3 is 0 Å². The molecule has 0 saturated carbocycles. The molecule has 0 spiro atoms. The molecule has 0 bridgehead atoms. The maximum absolute atomic E-state index is 13.1. The van der Waals surface area contributed by atoms with Gasteiger partial charge in [-0.3, -0.25) is 0 Å². The molecule has 19 heavy (non-hydrogen) atoms. The molecule has 0 aliphatic carbocycles. The summed E-state index contributed by atoms with van der Waals surface area (Å²) in [5.74, 6) is 0.418. The van der Waals surface area contributed by atoms with Crippen LogP contribution in [0.3, 0.4) is 0 Å². The maximum atomic E-state index is 13.1. The van der Waals surface area contributed by atoms with Crippen molar-refractivity contribution in [3.63, 3.8) is 0 Å². The lowest BCUT2D eigenvalue weighted by atomic mass is 9.91. The number of hydrogen-bond donors (Lipinski definition) is 0. The third-order valence-corrected chi connectivity index (χ3v) is 4.02. The smallest absolute Gasteiger partial charge is 0.123 e. The summed E-state index contributed by atoms with van der Waals surface area (Å²) in [6, 6.07) is 12.6. The summed E-state index contributed by atoms with van der Waals surface area (Å²) in [4.78, 5) is 0. The van der Waals surface area contributed by atoms with Gasteiger partial charge in [-0.15, -0.1) is 11.6 Å². The lowest BCUT2D eigenvalue weighted by Crippen LogP contribution is -2.06. The summed E-state index contributed by atoms with van der Waals surface area (Å²) in [7, 11) is 0. The van der Waals surface area contributed by atoms with Gasteiger partial charge in [0.1, 0.15) is 5.82 Å². The highest BCUT2D eigenvalue weighted by Gasteiger charge is 2.15. The minimum Gasteiger partial charge on any atom is -0.207 e. The number of aryl methyl sites for hydroxylation is 1. The van der Waals surface area contributed by atoms with E-state index in [-0.39, 0.29) is 11.7 Å². The number of rotatable bonds is 4. The molecular formula is C16H15Cl2F. The summed E-state index contributed by atoms with van der Waals surface area (Å²) in [5.41, 5.74) is 3.09. The molecule has 2 aromatic carbocycles. The van der Waals surface area contributed by atoms with E-state index in [1.807, 2.05) is 37.3 Å². The zero-order valence-corrected chi connectivity index (χ0v) is 12.2. The molecule has 0 aliphatic heterocycles. The van der Waals surface area contributed by atoms with Crippen molar-refractivity contribution in [3.05, 3.63) is 70.0 Å². The average Bonchev–Trinajstić information content (AvgIpc) is 2.39. The first-order valence-corrected chi connectivity index (χ1v) is 7.08. The van der Waals surface area contributed by atoms with Crippen LogP contribution in [0.25, 0.3) is 0 Å². The predicted octanol–water partition coefficient (Wildman–Crippen LogP) is 5.35. The van der Waals surface area contributed by atoms with E-state index >= 15 is 0 Å². The molecule has 2 rings (SSSR count). The van der Waals surface area contributed by atoms with Gasteiger partial charge in [0.15, 0.2) is 0 Å². The highest BCUT2D eigenvalue weighted by Crippen LogP contribution is 2.29. The molecule has 0 aliphatic rings. The van der Waals surface area contributed by atoms with Crippen LogP contribution in [0.5, 0.6) is 0 Å². The molecule has 3 heteroatoms. The van der Waals surface area contributed by atoms with Crippen LogP contribution in [-0.2, 0) is 6.42 Å². The number of benzene rings is 2. The van der Waals surface area contributed by atoms with Gasteiger partial charge in [-0.25, -0.2) is 4.39 Å². The van der Waals surface area contributed by atoms with Gasteiger partial charge in [0, 0.05) is 16.8 Å². The molecule has 0 heterocycles. The SMILES string of the molecule is Cc1cc(F)ccc1CC(CCl)c1ccccc1Cl. The lowest BCUT2D eigenvalue weighted by molar-refractivity contribution is 0.624.